The zero-order chi connectivity index (χ0) is 11.5. The molecule has 0 aliphatic heterocycles. The molecule has 0 unspecified atom stereocenters. The van der Waals surface area contributed by atoms with Gasteiger partial charge in [0.1, 0.15) is 5.78 Å². The Kier molecular flexibility index (Phi) is 3.85. The fraction of sp³-hybridized carbons (Fsp3) is 0.818. The molecule has 0 aromatic heterocycles. The molecule has 0 aromatic rings. The van der Waals surface area contributed by atoms with Crippen molar-refractivity contribution in [2.45, 2.75) is 45.1 Å². The maximum absolute atomic E-state index is 11.6. The average Bonchev–Trinajstić information content (AvgIpc) is 2.33. The molecule has 1 aliphatic rings. The zero-order valence-corrected chi connectivity index (χ0v) is 9.28. The summed E-state index contributed by atoms with van der Waals surface area (Å²) in [6.45, 7) is 3.51. The van der Waals surface area contributed by atoms with Gasteiger partial charge in [-0.25, -0.2) is 4.79 Å². The number of Topliss-reactive ketones (excluding diaryl/α,β-unsaturated/α-hetero) is 1. The van der Waals surface area contributed by atoms with Gasteiger partial charge in [0.25, 0.3) is 0 Å². The van der Waals surface area contributed by atoms with E-state index in [9.17, 15) is 14.7 Å². The molecule has 1 aliphatic carbocycles. The van der Waals surface area contributed by atoms with E-state index in [1.165, 1.54) is 0 Å². The minimum Gasteiger partial charge on any atom is -0.464 e. The van der Waals surface area contributed by atoms with E-state index in [-0.39, 0.29) is 12.4 Å². The largest absolute Gasteiger partial charge is 0.464 e. The number of carbonyl (C=O) groups excluding carboxylic acids is 2. The van der Waals surface area contributed by atoms with E-state index < -0.39 is 17.5 Å². The normalized spacial score (nSPS) is 32.2. The van der Waals surface area contributed by atoms with Crippen LogP contribution >= 0.6 is 0 Å². The second kappa shape index (κ2) is 4.75. The van der Waals surface area contributed by atoms with Crippen LogP contribution in [0.5, 0.6) is 0 Å². The smallest absolute Gasteiger partial charge is 0.338 e. The van der Waals surface area contributed by atoms with Gasteiger partial charge in [0, 0.05) is 6.42 Å². The first-order chi connectivity index (χ1) is 7.02. The van der Waals surface area contributed by atoms with E-state index in [1.807, 2.05) is 0 Å². The zero-order valence-electron chi connectivity index (χ0n) is 9.28. The second-order valence-electron chi connectivity index (χ2n) is 4.04. The van der Waals surface area contributed by atoms with Gasteiger partial charge in [-0.3, -0.25) is 4.79 Å². The number of hydrogen-bond acceptors (Lipinski definition) is 4. The van der Waals surface area contributed by atoms with Crippen molar-refractivity contribution < 1.29 is 19.4 Å². The van der Waals surface area contributed by atoms with E-state index >= 15 is 0 Å². The van der Waals surface area contributed by atoms with Crippen LogP contribution in [0.2, 0.25) is 0 Å². The summed E-state index contributed by atoms with van der Waals surface area (Å²) in [5, 5.41) is 10.2. The van der Waals surface area contributed by atoms with Gasteiger partial charge >= 0.3 is 5.97 Å². The van der Waals surface area contributed by atoms with E-state index in [2.05, 4.69) is 0 Å². The summed E-state index contributed by atoms with van der Waals surface area (Å²) >= 11 is 0. The Hall–Kier alpha value is -0.900. The van der Waals surface area contributed by atoms with Crippen LogP contribution in [0.1, 0.15) is 39.5 Å². The molecule has 86 valence electrons. The number of rotatable bonds is 2. The third-order valence-corrected chi connectivity index (χ3v) is 3.06. The van der Waals surface area contributed by atoms with Crippen LogP contribution in [0.3, 0.4) is 0 Å². The lowest BCUT2D eigenvalue weighted by Crippen LogP contribution is -2.48. The van der Waals surface area contributed by atoms with Crippen LogP contribution in [-0.2, 0) is 14.3 Å². The Balaban J connectivity index is 2.86. The van der Waals surface area contributed by atoms with Crippen molar-refractivity contribution in [1.82, 2.24) is 0 Å². The van der Waals surface area contributed by atoms with Crippen molar-refractivity contribution in [3.8, 4) is 0 Å². The molecule has 4 heteroatoms. The molecule has 0 aromatic carbocycles. The SMILES string of the molecule is CCOC(=O)[C@]1(O)CCCCC(=O)[C@H]1C. The highest BCUT2D eigenvalue weighted by molar-refractivity contribution is 5.91. The highest BCUT2D eigenvalue weighted by Gasteiger charge is 2.46. The van der Waals surface area contributed by atoms with Crippen LogP contribution in [0.15, 0.2) is 0 Å². The van der Waals surface area contributed by atoms with Crippen molar-refractivity contribution in [3.05, 3.63) is 0 Å². The Morgan fingerprint density at radius 2 is 2.27 bits per heavy atom. The summed E-state index contributed by atoms with van der Waals surface area (Å²) in [5.74, 6) is -1.37. The van der Waals surface area contributed by atoms with E-state index in [4.69, 9.17) is 4.74 Å². The van der Waals surface area contributed by atoms with Crippen LogP contribution < -0.4 is 0 Å². The quantitative estimate of drug-likeness (QED) is 0.551. The summed E-state index contributed by atoms with van der Waals surface area (Å²) in [6.07, 6.45) is 2.19. The molecule has 1 rings (SSSR count). The first-order valence-electron chi connectivity index (χ1n) is 5.44. The number of ketones is 1. The number of esters is 1. The summed E-state index contributed by atoms with van der Waals surface area (Å²) < 4.78 is 4.82. The predicted octanol–water partition coefficient (Wildman–Crippen LogP) is 1.06. The van der Waals surface area contributed by atoms with Crippen molar-refractivity contribution in [2.24, 2.45) is 5.92 Å². The monoisotopic (exact) mass is 214 g/mol. The molecule has 1 N–H and O–H groups in total. The van der Waals surface area contributed by atoms with Gasteiger partial charge < -0.3 is 9.84 Å². The predicted molar refractivity (Wildman–Crippen MR) is 54.2 cm³/mol. The summed E-state index contributed by atoms with van der Waals surface area (Å²) in [4.78, 5) is 23.2. The van der Waals surface area contributed by atoms with Crippen LogP contribution in [0.4, 0.5) is 0 Å². The molecule has 2 atom stereocenters. The number of hydrogen-bond donors (Lipinski definition) is 1. The molecule has 1 saturated carbocycles. The number of aliphatic hydroxyl groups is 1. The van der Waals surface area contributed by atoms with Gasteiger partial charge in [0.05, 0.1) is 12.5 Å². The van der Waals surface area contributed by atoms with E-state index in [0.29, 0.717) is 19.3 Å². The number of ether oxygens (including phenoxy) is 1. The molecule has 0 amide bonds. The Bertz CT molecular complexity index is 261. The molecule has 0 bridgehead atoms. The van der Waals surface area contributed by atoms with E-state index in [0.717, 1.165) is 6.42 Å². The van der Waals surface area contributed by atoms with Crippen LogP contribution in [0.25, 0.3) is 0 Å². The average molecular weight is 214 g/mol. The third kappa shape index (κ3) is 2.37. The number of carbonyl (C=O) groups is 2. The van der Waals surface area contributed by atoms with Gasteiger partial charge in [-0.15, -0.1) is 0 Å². The Morgan fingerprint density at radius 3 is 2.87 bits per heavy atom. The molecule has 4 nitrogen and oxygen atoms in total. The second-order valence-corrected chi connectivity index (χ2v) is 4.04. The van der Waals surface area contributed by atoms with Crippen LogP contribution in [0, 0.1) is 5.92 Å². The highest BCUT2D eigenvalue weighted by Crippen LogP contribution is 2.31. The van der Waals surface area contributed by atoms with Gasteiger partial charge in [-0.2, -0.15) is 0 Å². The van der Waals surface area contributed by atoms with Gasteiger partial charge in [0.15, 0.2) is 5.60 Å². The fourth-order valence-electron chi connectivity index (χ4n) is 1.93. The topological polar surface area (TPSA) is 63.6 Å². The fourth-order valence-corrected chi connectivity index (χ4v) is 1.93. The summed E-state index contributed by atoms with van der Waals surface area (Å²) in [6, 6.07) is 0. The minimum atomic E-state index is -1.61. The van der Waals surface area contributed by atoms with Crippen LogP contribution in [-0.4, -0.2) is 29.1 Å². The first kappa shape index (κ1) is 12.2. The Morgan fingerprint density at radius 1 is 1.60 bits per heavy atom. The first-order valence-corrected chi connectivity index (χ1v) is 5.44. The third-order valence-electron chi connectivity index (χ3n) is 3.06. The molecule has 0 spiro atoms. The van der Waals surface area contributed by atoms with E-state index in [1.54, 1.807) is 13.8 Å². The van der Waals surface area contributed by atoms with Gasteiger partial charge in [-0.1, -0.05) is 6.92 Å². The maximum atomic E-state index is 11.6. The Labute approximate surface area is 89.6 Å². The van der Waals surface area contributed by atoms with Gasteiger partial charge in [-0.05, 0) is 26.2 Å². The minimum absolute atomic E-state index is 0.0527. The van der Waals surface area contributed by atoms with Crippen molar-refractivity contribution in [2.75, 3.05) is 6.61 Å². The summed E-state index contributed by atoms with van der Waals surface area (Å²) in [7, 11) is 0. The molecule has 0 radical (unpaired) electrons. The lowest BCUT2D eigenvalue weighted by Gasteiger charge is -2.28. The van der Waals surface area contributed by atoms with Crippen molar-refractivity contribution in [3.63, 3.8) is 0 Å². The van der Waals surface area contributed by atoms with Gasteiger partial charge in [0.2, 0.25) is 0 Å². The maximum Gasteiger partial charge on any atom is 0.338 e. The van der Waals surface area contributed by atoms with Crippen molar-refractivity contribution >= 4 is 11.8 Å². The molecule has 1 fully saturated rings. The molecular formula is C11H18O4. The standard InChI is InChI=1S/C11H18O4/c1-3-15-10(13)11(14)7-5-4-6-9(12)8(11)2/h8,14H,3-7H2,1-2H3/t8-,11+/m1/s1. The lowest BCUT2D eigenvalue weighted by molar-refractivity contribution is -0.173. The van der Waals surface area contributed by atoms with Crippen molar-refractivity contribution in [1.29, 1.82) is 0 Å². The lowest BCUT2D eigenvalue weighted by atomic mass is 9.84. The highest BCUT2D eigenvalue weighted by atomic mass is 16.5. The molecule has 0 saturated heterocycles. The molecule has 0 heterocycles. The summed E-state index contributed by atoms with van der Waals surface area (Å²) in [5.41, 5.74) is -1.61. The molecular weight excluding hydrogens is 196 g/mol. The molecule has 15 heavy (non-hydrogen) atoms.